The third kappa shape index (κ3) is 4.21. The Kier molecular flexibility index (Phi) is 5.62. The van der Waals surface area contributed by atoms with Crippen LogP contribution in [-0.2, 0) is 6.54 Å². The molecule has 4 heteroatoms. The summed E-state index contributed by atoms with van der Waals surface area (Å²) < 4.78 is 0. The van der Waals surface area contributed by atoms with Gasteiger partial charge in [0, 0.05) is 38.8 Å². The van der Waals surface area contributed by atoms with Crippen molar-refractivity contribution in [1.29, 1.82) is 0 Å². The van der Waals surface area contributed by atoms with E-state index in [9.17, 15) is 4.79 Å². The molecule has 2 rings (SSSR count). The first-order chi connectivity index (χ1) is 10.1. The average molecular weight is 289 g/mol. The van der Waals surface area contributed by atoms with Crippen LogP contribution in [0.3, 0.4) is 0 Å². The normalized spacial score (nSPS) is 16.3. The van der Waals surface area contributed by atoms with Gasteiger partial charge in [0.05, 0.1) is 0 Å². The fourth-order valence-corrected chi connectivity index (χ4v) is 2.69. The minimum Gasteiger partial charge on any atom is -0.322 e. The lowest BCUT2D eigenvalue weighted by Crippen LogP contribution is -2.53. The maximum absolute atomic E-state index is 12.8. The molecule has 1 aromatic carbocycles. The highest BCUT2D eigenvalue weighted by Crippen LogP contribution is 2.13. The van der Waals surface area contributed by atoms with Crippen molar-refractivity contribution in [2.45, 2.75) is 33.4 Å². The molecule has 21 heavy (non-hydrogen) atoms. The largest absolute Gasteiger partial charge is 0.322 e. The van der Waals surface area contributed by atoms with Gasteiger partial charge in [0.15, 0.2) is 0 Å². The summed E-state index contributed by atoms with van der Waals surface area (Å²) in [6.45, 7) is 11.7. The van der Waals surface area contributed by atoms with Gasteiger partial charge in [0.1, 0.15) is 0 Å². The van der Waals surface area contributed by atoms with Crippen molar-refractivity contribution in [2.24, 2.45) is 0 Å². The Hall–Kier alpha value is -1.55. The van der Waals surface area contributed by atoms with Crippen molar-refractivity contribution < 1.29 is 4.79 Å². The standard InChI is InChI=1S/C17H27N3O/c1-4-18-10-12-19(13-11-18)17(21)20(15(2)3)14-16-8-6-5-7-9-16/h5-9,15H,4,10-14H2,1-3H3. The zero-order chi connectivity index (χ0) is 15.2. The molecule has 1 aliphatic heterocycles. The highest BCUT2D eigenvalue weighted by atomic mass is 16.2. The van der Waals surface area contributed by atoms with Crippen LogP contribution in [-0.4, -0.2) is 59.5 Å². The number of hydrogen-bond donors (Lipinski definition) is 0. The SMILES string of the molecule is CCN1CCN(C(=O)N(Cc2ccccc2)C(C)C)CC1. The molecular formula is C17H27N3O. The van der Waals surface area contributed by atoms with E-state index in [1.165, 1.54) is 5.56 Å². The zero-order valence-electron chi connectivity index (χ0n) is 13.5. The summed E-state index contributed by atoms with van der Waals surface area (Å²) in [6.07, 6.45) is 0. The summed E-state index contributed by atoms with van der Waals surface area (Å²) in [4.78, 5) is 19.1. The molecule has 1 heterocycles. The Morgan fingerprint density at radius 3 is 2.29 bits per heavy atom. The number of hydrogen-bond acceptors (Lipinski definition) is 2. The quantitative estimate of drug-likeness (QED) is 0.852. The number of likely N-dealkylation sites (N-methyl/N-ethyl adjacent to an activating group) is 1. The van der Waals surface area contributed by atoms with E-state index < -0.39 is 0 Å². The van der Waals surface area contributed by atoms with Gasteiger partial charge < -0.3 is 14.7 Å². The topological polar surface area (TPSA) is 26.8 Å². The van der Waals surface area contributed by atoms with E-state index in [0.29, 0.717) is 6.54 Å². The van der Waals surface area contributed by atoms with Crippen LogP contribution < -0.4 is 0 Å². The molecule has 2 amide bonds. The van der Waals surface area contributed by atoms with Gasteiger partial charge in [-0.2, -0.15) is 0 Å². The second-order valence-electron chi connectivity index (χ2n) is 5.91. The highest BCUT2D eigenvalue weighted by molar-refractivity contribution is 5.75. The minimum atomic E-state index is 0.171. The fourth-order valence-electron chi connectivity index (χ4n) is 2.69. The lowest BCUT2D eigenvalue weighted by molar-refractivity contribution is 0.104. The van der Waals surface area contributed by atoms with Gasteiger partial charge in [-0.1, -0.05) is 37.3 Å². The van der Waals surface area contributed by atoms with E-state index in [2.05, 4.69) is 37.8 Å². The maximum atomic E-state index is 12.8. The Morgan fingerprint density at radius 2 is 1.76 bits per heavy atom. The van der Waals surface area contributed by atoms with E-state index in [1.807, 2.05) is 28.0 Å². The molecule has 0 spiro atoms. The molecule has 116 valence electrons. The Balaban J connectivity index is 1.99. The molecule has 0 radical (unpaired) electrons. The van der Waals surface area contributed by atoms with Gasteiger partial charge in [-0.3, -0.25) is 0 Å². The molecule has 1 aliphatic rings. The number of nitrogens with zero attached hydrogens (tertiary/aromatic N) is 3. The number of benzene rings is 1. The number of amides is 2. The van der Waals surface area contributed by atoms with E-state index in [4.69, 9.17) is 0 Å². The molecule has 1 fully saturated rings. The summed E-state index contributed by atoms with van der Waals surface area (Å²) in [7, 11) is 0. The molecule has 0 atom stereocenters. The van der Waals surface area contributed by atoms with Gasteiger partial charge in [-0.05, 0) is 26.0 Å². The third-order valence-corrected chi connectivity index (χ3v) is 4.15. The summed E-state index contributed by atoms with van der Waals surface area (Å²) in [6, 6.07) is 10.6. The van der Waals surface area contributed by atoms with E-state index in [-0.39, 0.29) is 12.1 Å². The number of carbonyl (C=O) groups excluding carboxylic acids is 1. The highest BCUT2D eigenvalue weighted by Gasteiger charge is 2.26. The molecule has 0 unspecified atom stereocenters. The summed E-state index contributed by atoms with van der Waals surface area (Å²) >= 11 is 0. The van der Waals surface area contributed by atoms with E-state index in [1.54, 1.807) is 0 Å². The van der Waals surface area contributed by atoms with Gasteiger partial charge in [-0.25, -0.2) is 4.79 Å². The van der Waals surface area contributed by atoms with E-state index >= 15 is 0 Å². The molecular weight excluding hydrogens is 262 g/mol. The van der Waals surface area contributed by atoms with Gasteiger partial charge in [-0.15, -0.1) is 0 Å². The number of piperazine rings is 1. The van der Waals surface area contributed by atoms with Crippen LogP contribution in [0.15, 0.2) is 30.3 Å². The van der Waals surface area contributed by atoms with Crippen molar-refractivity contribution in [1.82, 2.24) is 14.7 Å². The lowest BCUT2D eigenvalue weighted by atomic mass is 10.2. The minimum absolute atomic E-state index is 0.171. The smallest absolute Gasteiger partial charge is 0.320 e. The summed E-state index contributed by atoms with van der Waals surface area (Å²) in [5.41, 5.74) is 1.19. The van der Waals surface area contributed by atoms with Crippen LogP contribution in [0, 0.1) is 0 Å². The maximum Gasteiger partial charge on any atom is 0.320 e. The van der Waals surface area contributed by atoms with E-state index in [0.717, 1.165) is 32.7 Å². The van der Waals surface area contributed by atoms with Crippen LogP contribution in [0.4, 0.5) is 4.79 Å². The van der Waals surface area contributed by atoms with Crippen molar-refractivity contribution in [3.05, 3.63) is 35.9 Å². The van der Waals surface area contributed by atoms with Gasteiger partial charge >= 0.3 is 6.03 Å². The van der Waals surface area contributed by atoms with Crippen LogP contribution in [0.25, 0.3) is 0 Å². The van der Waals surface area contributed by atoms with Crippen molar-refractivity contribution >= 4 is 6.03 Å². The molecule has 0 saturated carbocycles. The predicted molar refractivity (Wildman–Crippen MR) is 86.2 cm³/mol. The Labute approximate surface area is 128 Å². The molecule has 4 nitrogen and oxygen atoms in total. The molecule has 1 saturated heterocycles. The molecule has 0 N–H and O–H groups in total. The first kappa shape index (κ1) is 15.8. The van der Waals surface area contributed by atoms with Gasteiger partial charge in [0.25, 0.3) is 0 Å². The van der Waals surface area contributed by atoms with Gasteiger partial charge in [0.2, 0.25) is 0 Å². The molecule has 0 aliphatic carbocycles. The fraction of sp³-hybridized carbons (Fsp3) is 0.588. The number of carbonyl (C=O) groups is 1. The van der Waals surface area contributed by atoms with Crippen LogP contribution in [0.1, 0.15) is 26.3 Å². The number of urea groups is 1. The predicted octanol–water partition coefficient (Wildman–Crippen LogP) is 2.65. The first-order valence-corrected chi connectivity index (χ1v) is 7.93. The molecule has 0 aromatic heterocycles. The Morgan fingerprint density at radius 1 is 1.14 bits per heavy atom. The second-order valence-corrected chi connectivity index (χ2v) is 5.91. The van der Waals surface area contributed by atoms with Crippen molar-refractivity contribution in [2.75, 3.05) is 32.7 Å². The zero-order valence-corrected chi connectivity index (χ0v) is 13.5. The monoisotopic (exact) mass is 289 g/mol. The second kappa shape index (κ2) is 7.46. The van der Waals surface area contributed by atoms with Crippen LogP contribution in [0.2, 0.25) is 0 Å². The molecule has 0 bridgehead atoms. The lowest BCUT2D eigenvalue weighted by Gasteiger charge is -2.38. The summed E-state index contributed by atoms with van der Waals surface area (Å²) in [5, 5.41) is 0. The number of rotatable bonds is 4. The van der Waals surface area contributed by atoms with Crippen LogP contribution >= 0.6 is 0 Å². The van der Waals surface area contributed by atoms with Crippen LogP contribution in [0.5, 0.6) is 0 Å². The third-order valence-electron chi connectivity index (χ3n) is 4.15. The molecule has 1 aromatic rings. The van der Waals surface area contributed by atoms with Crippen molar-refractivity contribution in [3.8, 4) is 0 Å². The Bertz CT molecular complexity index is 439. The van der Waals surface area contributed by atoms with Crippen molar-refractivity contribution in [3.63, 3.8) is 0 Å². The summed E-state index contributed by atoms with van der Waals surface area (Å²) in [5.74, 6) is 0. The average Bonchev–Trinajstić information content (AvgIpc) is 2.53. The first-order valence-electron chi connectivity index (χ1n) is 7.93.